The molecule has 90 valence electrons. The Morgan fingerprint density at radius 2 is 1.53 bits per heavy atom. The molecule has 5 rings (SSSR count). The monoisotopic (exact) mass is 231 g/mol. The fourth-order valence-electron chi connectivity index (χ4n) is 4.49. The summed E-state index contributed by atoms with van der Waals surface area (Å²) in [6.07, 6.45) is 5.67. The van der Waals surface area contributed by atoms with E-state index in [-0.39, 0.29) is 29.7 Å². The van der Waals surface area contributed by atoms with Gasteiger partial charge in [-0.05, 0) is 43.9 Å². The Hall–Kier alpha value is -1.12. The Morgan fingerprint density at radius 3 is 1.94 bits per heavy atom. The van der Waals surface area contributed by atoms with Crippen molar-refractivity contribution in [3.63, 3.8) is 0 Å². The van der Waals surface area contributed by atoms with Crippen molar-refractivity contribution in [1.29, 1.82) is 0 Å². The molecule has 1 heterocycles. The van der Waals surface area contributed by atoms with Gasteiger partial charge in [0.15, 0.2) is 0 Å². The average Bonchev–Trinajstić information content (AvgIpc) is 3.04. The molecule has 0 aromatic rings. The Balaban J connectivity index is 1.79. The molecule has 3 nitrogen and oxygen atoms in total. The van der Waals surface area contributed by atoms with Gasteiger partial charge in [-0.25, -0.2) is 0 Å². The second-order valence-electron chi connectivity index (χ2n) is 6.29. The summed E-state index contributed by atoms with van der Waals surface area (Å²) in [7, 11) is 0. The number of rotatable bonds is 1. The normalized spacial score (nSPS) is 49.9. The lowest BCUT2D eigenvalue weighted by atomic mass is 9.63. The third-order valence-corrected chi connectivity index (χ3v) is 5.21. The van der Waals surface area contributed by atoms with Crippen LogP contribution in [0.1, 0.15) is 20.3 Å². The van der Waals surface area contributed by atoms with Crippen molar-refractivity contribution in [2.24, 2.45) is 35.5 Å². The second-order valence-corrected chi connectivity index (χ2v) is 6.29. The highest BCUT2D eigenvalue weighted by Gasteiger charge is 2.67. The number of hydrogen-bond donors (Lipinski definition) is 0. The lowest BCUT2D eigenvalue weighted by Crippen LogP contribution is -2.40. The molecule has 4 unspecified atom stereocenters. The summed E-state index contributed by atoms with van der Waals surface area (Å²) in [6.45, 7) is 3.87. The smallest absolute Gasteiger partial charge is 0.233 e. The van der Waals surface area contributed by atoms with Gasteiger partial charge in [0.1, 0.15) is 0 Å². The van der Waals surface area contributed by atoms with Crippen LogP contribution in [0.3, 0.4) is 0 Å². The summed E-state index contributed by atoms with van der Waals surface area (Å²) in [5.41, 5.74) is 0. The first-order chi connectivity index (χ1) is 8.11. The maximum atomic E-state index is 12.4. The first kappa shape index (κ1) is 9.86. The van der Waals surface area contributed by atoms with Crippen molar-refractivity contribution in [3.8, 4) is 0 Å². The topological polar surface area (TPSA) is 37.4 Å². The Kier molecular flexibility index (Phi) is 1.64. The second kappa shape index (κ2) is 2.82. The van der Waals surface area contributed by atoms with Gasteiger partial charge in [-0.1, -0.05) is 12.2 Å². The molecule has 1 aliphatic heterocycles. The molecule has 1 saturated heterocycles. The van der Waals surface area contributed by atoms with Crippen LogP contribution in [0.2, 0.25) is 0 Å². The van der Waals surface area contributed by atoms with Gasteiger partial charge < -0.3 is 0 Å². The molecular formula is C14H17NO2. The molecule has 2 bridgehead atoms. The number of carbonyl (C=O) groups excluding carboxylic acids is 2. The fraction of sp³-hybridized carbons (Fsp3) is 0.714. The van der Waals surface area contributed by atoms with Crippen molar-refractivity contribution >= 4 is 11.8 Å². The van der Waals surface area contributed by atoms with E-state index in [0.717, 1.165) is 0 Å². The molecule has 2 saturated carbocycles. The summed E-state index contributed by atoms with van der Waals surface area (Å²) in [5, 5.41) is 0. The van der Waals surface area contributed by atoms with Crippen LogP contribution in [0.4, 0.5) is 0 Å². The molecule has 0 spiro atoms. The lowest BCUT2D eigenvalue weighted by Gasteiger charge is -2.37. The van der Waals surface area contributed by atoms with Gasteiger partial charge in [0.25, 0.3) is 0 Å². The van der Waals surface area contributed by atoms with E-state index >= 15 is 0 Å². The SMILES string of the molecule is CC(C)N1C(=O)[C@@H]2C3C=CC(C4CC43)[C@@H]2C1=O. The molecule has 4 aliphatic carbocycles. The van der Waals surface area contributed by atoms with E-state index in [4.69, 9.17) is 0 Å². The zero-order valence-corrected chi connectivity index (χ0v) is 10.2. The molecule has 6 atom stereocenters. The molecule has 5 aliphatic rings. The van der Waals surface area contributed by atoms with E-state index in [1.165, 1.54) is 11.3 Å². The van der Waals surface area contributed by atoms with Crippen LogP contribution in [-0.4, -0.2) is 22.8 Å². The molecule has 3 fully saturated rings. The lowest BCUT2D eigenvalue weighted by molar-refractivity contribution is -0.142. The van der Waals surface area contributed by atoms with Gasteiger partial charge >= 0.3 is 0 Å². The Bertz CT molecular complexity index is 417. The Morgan fingerprint density at radius 1 is 1.06 bits per heavy atom. The molecule has 3 heteroatoms. The zero-order chi connectivity index (χ0) is 11.9. The van der Waals surface area contributed by atoms with E-state index in [0.29, 0.717) is 23.7 Å². The third-order valence-electron chi connectivity index (χ3n) is 5.21. The van der Waals surface area contributed by atoms with Crippen LogP contribution >= 0.6 is 0 Å². The fourth-order valence-corrected chi connectivity index (χ4v) is 4.49. The van der Waals surface area contributed by atoms with E-state index in [1.54, 1.807) is 0 Å². The zero-order valence-electron chi connectivity index (χ0n) is 10.2. The largest absolute Gasteiger partial charge is 0.280 e. The van der Waals surface area contributed by atoms with Gasteiger partial charge in [0, 0.05) is 6.04 Å². The van der Waals surface area contributed by atoms with Crippen molar-refractivity contribution in [1.82, 2.24) is 4.90 Å². The third kappa shape index (κ3) is 0.992. The van der Waals surface area contributed by atoms with Crippen molar-refractivity contribution in [2.45, 2.75) is 26.3 Å². The van der Waals surface area contributed by atoms with Crippen molar-refractivity contribution in [3.05, 3.63) is 12.2 Å². The maximum Gasteiger partial charge on any atom is 0.233 e. The molecular weight excluding hydrogens is 214 g/mol. The minimum Gasteiger partial charge on any atom is -0.280 e. The average molecular weight is 231 g/mol. The number of carbonyl (C=O) groups is 2. The van der Waals surface area contributed by atoms with Crippen LogP contribution in [0.15, 0.2) is 12.2 Å². The van der Waals surface area contributed by atoms with Gasteiger partial charge in [-0.2, -0.15) is 0 Å². The highest BCUT2D eigenvalue weighted by molar-refractivity contribution is 6.06. The van der Waals surface area contributed by atoms with Gasteiger partial charge in [-0.15, -0.1) is 0 Å². The number of imide groups is 1. The molecule has 17 heavy (non-hydrogen) atoms. The standard InChI is InChI=1S/C14H17NO2/c1-6(2)15-13(16)11-7-3-4-8(10-5-9(7)10)12(11)14(15)17/h3-4,6-12H,5H2,1-2H3/t7?,8?,9?,10?,11-,12+. The first-order valence-corrected chi connectivity index (χ1v) is 6.66. The summed E-state index contributed by atoms with van der Waals surface area (Å²) < 4.78 is 0. The van der Waals surface area contributed by atoms with Gasteiger partial charge in [0.2, 0.25) is 11.8 Å². The van der Waals surface area contributed by atoms with E-state index in [9.17, 15) is 9.59 Å². The molecule has 2 amide bonds. The van der Waals surface area contributed by atoms with Crippen LogP contribution in [0.5, 0.6) is 0 Å². The number of likely N-dealkylation sites (tertiary alicyclic amines) is 1. The predicted octanol–water partition coefficient (Wildman–Crippen LogP) is 1.45. The van der Waals surface area contributed by atoms with Gasteiger partial charge in [-0.3, -0.25) is 14.5 Å². The van der Waals surface area contributed by atoms with Crippen LogP contribution in [-0.2, 0) is 9.59 Å². The minimum absolute atomic E-state index is 0.0105. The van der Waals surface area contributed by atoms with Crippen LogP contribution < -0.4 is 0 Å². The summed E-state index contributed by atoms with van der Waals surface area (Å²) in [5.74, 6) is 2.27. The Labute approximate surface area is 101 Å². The summed E-state index contributed by atoms with van der Waals surface area (Å²) in [6, 6.07) is 0.0105. The predicted molar refractivity (Wildman–Crippen MR) is 61.7 cm³/mol. The minimum atomic E-state index is -0.0244. The van der Waals surface area contributed by atoms with E-state index in [1.807, 2.05) is 13.8 Å². The first-order valence-electron chi connectivity index (χ1n) is 6.66. The molecule has 0 N–H and O–H groups in total. The van der Waals surface area contributed by atoms with Crippen molar-refractivity contribution < 1.29 is 9.59 Å². The van der Waals surface area contributed by atoms with Crippen LogP contribution in [0.25, 0.3) is 0 Å². The molecule has 0 radical (unpaired) electrons. The maximum absolute atomic E-state index is 12.4. The number of nitrogens with zero attached hydrogens (tertiary/aromatic N) is 1. The van der Waals surface area contributed by atoms with E-state index in [2.05, 4.69) is 12.2 Å². The quantitative estimate of drug-likeness (QED) is 0.506. The molecule has 0 aromatic heterocycles. The number of hydrogen-bond acceptors (Lipinski definition) is 2. The molecule has 0 aromatic carbocycles. The highest BCUT2D eigenvalue weighted by atomic mass is 16.2. The van der Waals surface area contributed by atoms with Crippen LogP contribution in [0, 0.1) is 35.5 Å². The van der Waals surface area contributed by atoms with Gasteiger partial charge in [0.05, 0.1) is 11.8 Å². The van der Waals surface area contributed by atoms with Crippen molar-refractivity contribution in [2.75, 3.05) is 0 Å². The summed E-state index contributed by atoms with van der Waals surface area (Å²) >= 11 is 0. The highest BCUT2D eigenvalue weighted by Crippen LogP contribution is 2.65. The number of allylic oxidation sites excluding steroid dienone is 2. The summed E-state index contributed by atoms with van der Waals surface area (Å²) in [4.78, 5) is 26.4. The van der Waals surface area contributed by atoms with E-state index < -0.39 is 0 Å². The number of amides is 2.